The van der Waals surface area contributed by atoms with E-state index in [2.05, 4.69) is 19.2 Å². The maximum Gasteiger partial charge on any atom is 0.126 e. The number of nitrogens with one attached hydrogen (secondary N) is 1. The highest BCUT2D eigenvalue weighted by molar-refractivity contribution is 5.29. The molecule has 3 unspecified atom stereocenters. The normalized spacial score (nSPS) is 26.5. The van der Waals surface area contributed by atoms with E-state index in [0.29, 0.717) is 17.5 Å². The maximum absolute atomic E-state index is 13.3. The van der Waals surface area contributed by atoms with Crippen LogP contribution < -0.4 is 10.1 Å². The van der Waals surface area contributed by atoms with E-state index < -0.39 is 0 Å². The summed E-state index contributed by atoms with van der Waals surface area (Å²) in [5.74, 6) is 1.31. The largest absolute Gasteiger partial charge is 0.489 e. The molecule has 0 saturated heterocycles. The number of benzene rings is 1. The van der Waals surface area contributed by atoms with Crippen LogP contribution in [0.2, 0.25) is 0 Å². The van der Waals surface area contributed by atoms with E-state index in [0.717, 1.165) is 31.6 Å². The molecule has 0 aliphatic heterocycles. The lowest BCUT2D eigenvalue weighted by Crippen LogP contribution is -2.47. The number of hydrogen-bond acceptors (Lipinski definition) is 2. The van der Waals surface area contributed by atoms with Crippen molar-refractivity contribution in [2.75, 3.05) is 6.54 Å². The van der Waals surface area contributed by atoms with Gasteiger partial charge in [-0.15, -0.1) is 0 Å². The van der Waals surface area contributed by atoms with Crippen molar-refractivity contribution in [3.05, 3.63) is 29.6 Å². The van der Waals surface area contributed by atoms with Gasteiger partial charge in [-0.25, -0.2) is 4.39 Å². The third kappa shape index (κ3) is 3.95. The van der Waals surface area contributed by atoms with Crippen molar-refractivity contribution in [3.63, 3.8) is 0 Å². The third-order valence-electron chi connectivity index (χ3n) is 4.13. The van der Waals surface area contributed by atoms with Crippen molar-refractivity contribution in [2.45, 2.75) is 58.6 Å². The van der Waals surface area contributed by atoms with Gasteiger partial charge in [0.2, 0.25) is 0 Å². The summed E-state index contributed by atoms with van der Waals surface area (Å²) in [5.41, 5.74) is 0.643. The monoisotopic (exact) mass is 279 g/mol. The van der Waals surface area contributed by atoms with Crippen LogP contribution in [-0.4, -0.2) is 18.7 Å². The first-order chi connectivity index (χ1) is 9.60. The van der Waals surface area contributed by atoms with Gasteiger partial charge >= 0.3 is 0 Å². The minimum absolute atomic E-state index is 0.171. The Morgan fingerprint density at radius 1 is 1.35 bits per heavy atom. The molecule has 1 saturated carbocycles. The summed E-state index contributed by atoms with van der Waals surface area (Å²) in [7, 11) is 0. The molecular formula is C17H26FNO. The van der Waals surface area contributed by atoms with Crippen LogP contribution in [0.5, 0.6) is 5.75 Å². The Morgan fingerprint density at radius 3 is 2.85 bits per heavy atom. The molecule has 1 fully saturated rings. The minimum Gasteiger partial charge on any atom is -0.489 e. The molecule has 3 heteroatoms. The second kappa shape index (κ2) is 7.07. The van der Waals surface area contributed by atoms with Crippen LogP contribution in [-0.2, 0) is 0 Å². The highest BCUT2D eigenvalue weighted by Gasteiger charge is 2.29. The van der Waals surface area contributed by atoms with Crippen molar-refractivity contribution in [1.29, 1.82) is 0 Å². The zero-order valence-electron chi connectivity index (χ0n) is 12.8. The Labute approximate surface area is 121 Å². The molecule has 0 heterocycles. The van der Waals surface area contributed by atoms with E-state index in [4.69, 9.17) is 4.74 Å². The topological polar surface area (TPSA) is 21.3 Å². The lowest BCUT2D eigenvalue weighted by Gasteiger charge is -2.35. The summed E-state index contributed by atoms with van der Waals surface area (Å²) >= 11 is 0. The maximum atomic E-state index is 13.3. The van der Waals surface area contributed by atoms with E-state index in [1.54, 1.807) is 19.1 Å². The number of halogens is 1. The molecule has 1 aromatic rings. The molecule has 1 aliphatic carbocycles. The second-order valence-electron chi connectivity index (χ2n) is 6.05. The first-order valence-electron chi connectivity index (χ1n) is 7.76. The predicted octanol–water partition coefficient (Wildman–Crippen LogP) is 4.07. The number of hydrogen-bond donors (Lipinski definition) is 1. The Hall–Kier alpha value is -1.09. The summed E-state index contributed by atoms with van der Waals surface area (Å²) in [6.07, 6.45) is 4.80. The summed E-state index contributed by atoms with van der Waals surface area (Å²) in [6, 6.07) is 5.44. The van der Waals surface area contributed by atoms with Gasteiger partial charge in [0.15, 0.2) is 0 Å². The molecule has 3 atom stereocenters. The zero-order valence-corrected chi connectivity index (χ0v) is 12.8. The van der Waals surface area contributed by atoms with Crippen molar-refractivity contribution >= 4 is 0 Å². The Bertz CT molecular complexity index is 433. The van der Waals surface area contributed by atoms with Gasteiger partial charge in [0.1, 0.15) is 17.7 Å². The molecular weight excluding hydrogens is 253 g/mol. The molecule has 2 nitrogen and oxygen atoms in total. The standard InChI is InChI=1S/C17H26FNO/c1-4-9-19-16-8-5-12(2)10-17(16)20-14-6-7-15(18)13(3)11-14/h6-7,11-12,16-17,19H,4-5,8-10H2,1-3H3. The minimum atomic E-state index is -0.171. The predicted molar refractivity (Wildman–Crippen MR) is 80.6 cm³/mol. The molecule has 20 heavy (non-hydrogen) atoms. The Morgan fingerprint density at radius 2 is 2.15 bits per heavy atom. The average molecular weight is 279 g/mol. The fourth-order valence-electron chi connectivity index (χ4n) is 2.89. The molecule has 0 spiro atoms. The highest BCUT2D eigenvalue weighted by atomic mass is 19.1. The summed E-state index contributed by atoms with van der Waals surface area (Å²) in [6.45, 7) is 7.26. The molecule has 1 aliphatic rings. The lowest BCUT2D eigenvalue weighted by atomic mass is 9.85. The van der Waals surface area contributed by atoms with Gasteiger partial charge in [-0.1, -0.05) is 13.8 Å². The van der Waals surface area contributed by atoms with Gasteiger partial charge < -0.3 is 10.1 Å². The van der Waals surface area contributed by atoms with E-state index in [1.165, 1.54) is 12.5 Å². The van der Waals surface area contributed by atoms with Crippen LogP contribution in [0.4, 0.5) is 4.39 Å². The van der Waals surface area contributed by atoms with Gasteiger partial charge in [0.25, 0.3) is 0 Å². The second-order valence-corrected chi connectivity index (χ2v) is 6.05. The van der Waals surface area contributed by atoms with Crippen LogP contribution in [0.25, 0.3) is 0 Å². The third-order valence-corrected chi connectivity index (χ3v) is 4.13. The smallest absolute Gasteiger partial charge is 0.126 e. The van der Waals surface area contributed by atoms with E-state index in [1.807, 2.05) is 0 Å². The number of rotatable bonds is 5. The summed E-state index contributed by atoms with van der Waals surface area (Å²) in [4.78, 5) is 0. The molecule has 1 aromatic carbocycles. The molecule has 2 rings (SSSR count). The zero-order chi connectivity index (χ0) is 14.5. The quantitative estimate of drug-likeness (QED) is 0.877. The highest BCUT2D eigenvalue weighted by Crippen LogP contribution is 2.28. The van der Waals surface area contributed by atoms with Gasteiger partial charge in [-0.05, 0) is 68.8 Å². The molecule has 0 amide bonds. The van der Waals surface area contributed by atoms with Crippen molar-refractivity contribution in [1.82, 2.24) is 5.32 Å². The molecule has 1 N–H and O–H groups in total. The van der Waals surface area contributed by atoms with Gasteiger partial charge in [-0.2, -0.15) is 0 Å². The van der Waals surface area contributed by atoms with E-state index >= 15 is 0 Å². The van der Waals surface area contributed by atoms with Crippen LogP contribution >= 0.6 is 0 Å². The van der Waals surface area contributed by atoms with Gasteiger partial charge in [0.05, 0.1) is 0 Å². The van der Waals surface area contributed by atoms with Crippen LogP contribution in [0, 0.1) is 18.7 Å². The molecule has 0 bridgehead atoms. The SMILES string of the molecule is CCCNC1CCC(C)CC1Oc1ccc(F)c(C)c1. The van der Waals surface area contributed by atoms with Crippen molar-refractivity contribution in [2.24, 2.45) is 5.92 Å². The van der Waals surface area contributed by atoms with Gasteiger partial charge in [0, 0.05) is 6.04 Å². The molecule has 0 radical (unpaired) electrons. The first kappa shape index (κ1) is 15.3. The van der Waals surface area contributed by atoms with Crippen LogP contribution in [0.1, 0.15) is 45.1 Å². The van der Waals surface area contributed by atoms with Crippen LogP contribution in [0.15, 0.2) is 18.2 Å². The lowest BCUT2D eigenvalue weighted by molar-refractivity contribution is 0.0907. The van der Waals surface area contributed by atoms with E-state index in [-0.39, 0.29) is 11.9 Å². The average Bonchev–Trinajstić information content (AvgIpc) is 2.42. The van der Waals surface area contributed by atoms with Crippen LogP contribution in [0.3, 0.4) is 0 Å². The van der Waals surface area contributed by atoms with E-state index in [9.17, 15) is 4.39 Å². The van der Waals surface area contributed by atoms with Crippen molar-refractivity contribution in [3.8, 4) is 5.75 Å². The fraction of sp³-hybridized carbons (Fsp3) is 0.647. The number of aryl methyl sites for hydroxylation is 1. The summed E-state index contributed by atoms with van der Waals surface area (Å²) in [5, 5.41) is 3.59. The Balaban J connectivity index is 2.04. The number of ether oxygens (including phenoxy) is 1. The Kier molecular flexibility index (Phi) is 5.41. The first-order valence-corrected chi connectivity index (χ1v) is 7.76. The van der Waals surface area contributed by atoms with Crippen molar-refractivity contribution < 1.29 is 9.13 Å². The molecule has 112 valence electrons. The summed E-state index contributed by atoms with van der Waals surface area (Å²) < 4.78 is 19.5. The molecule has 0 aromatic heterocycles. The van der Waals surface area contributed by atoms with Gasteiger partial charge in [-0.3, -0.25) is 0 Å². The fourth-order valence-corrected chi connectivity index (χ4v) is 2.89.